The van der Waals surface area contributed by atoms with Crippen LogP contribution in [0.4, 0.5) is 0 Å². The molecule has 2 aromatic rings. The molecule has 108 valence electrons. The highest BCUT2D eigenvalue weighted by Gasteiger charge is 2.40. The molecule has 20 heavy (non-hydrogen) atoms. The Labute approximate surface area is 119 Å². The molecule has 2 rings (SSSR count). The molecule has 5 nitrogen and oxygen atoms in total. The van der Waals surface area contributed by atoms with Crippen LogP contribution in [0.2, 0.25) is 0 Å². The van der Waals surface area contributed by atoms with Crippen LogP contribution in [0.5, 0.6) is 5.75 Å². The van der Waals surface area contributed by atoms with Gasteiger partial charge in [0.05, 0.1) is 12.5 Å². The van der Waals surface area contributed by atoms with Crippen molar-refractivity contribution in [3.8, 4) is 17.1 Å². The van der Waals surface area contributed by atoms with Crippen molar-refractivity contribution in [3.05, 3.63) is 30.2 Å². The van der Waals surface area contributed by atoms with Gasteiger partial charge in [-0.25, -0.2) is 0 Å². The van der Waals surface area contributed by atoms with Gasteiger partial charge >= 0.3 is 0 Å². The lowest BCUT2D eigenvalue weighted by molar-refractivity contribution is 0.223. The maximum Gasteiger partial charge on any atom is 0.234 e. The zero-order valence-electron chi connectivity index (χ0n) is 12.6. The minimum Gasteiger partial charge on any atom is -0.497 e. The SMILES string of the molecule is COc1cccc(-c2noc(C(C)(C)C(C)(C)N)n2)c1. The highest BCUT2D eigenvalue weighted by atomic mass is 16.5. The summed E-state index contributed by atoms with van der Waals surface area (Å²) >= 11 is 0. The number of aromatic nitrogens is 2. The lowest BCUT2D eigenvalue weighted by atomic mass is 9.75. The monoisotopic (exact) mass is 275 g/mol. The number of nitrogens with zero attached hydrogens (tertiary/aromatic N) is 2. The molecule has 1 aromatic carbocycles. The lowest BCUT2D eigenvalue weighted by Crippen LogP contribution is -2.50. The fourth-order valence-corrected chi connectivity index (χ4v) is 1.63. The molecule has 0 radical (unpaired) electrons. The first-order valence-electron chi connectivity index (χ1n) is 6.53. The van der Waals surface area contributed by atoms with Gasteiger partial charge in [-0.15, -0.1) is 0 Å². The van der Waals surface area contributed by atoms with Crippen LogP contribution in [-0.2, 0) is 5.41 Å². The average Bonchev–Trinajstić information content (AvgIpc) is 2.87. The van der Waals surface area contributed by atoms with Crippen LogP contribution in [-0.4, -0.2) is 22.8 Å². The summed E-state index contributed by atoms with van der Waals surface area (Å²) in [6.45, 7) is 7.89. The molecule has 0 amide bonds. The first-order valence-corrected chi connectivity index (χ1v) is 6.53. The molecular weight excluding hydrogens is 254 g/mol. The van der Waals surface area contributed by atoms with Crippen molar-refractivity contribution in [1.82, 2.24) is 10.1 Å². The molecule has 0 fully saturated rings. The van der Waals surface area contributed by atoms with Gasteiger partial charge in [-0.3, -0.25) is 0 Å². The van der Waals surface area contributed by atoms with Gasteiger partial charge in [0.2, 0.25) is 11.7 Å². The molecule has 0 aliphatic heterocycles. The second kappa shape index (κ2) is 4.90. The molecule has 0 spiro atoms. The van der Waals surface area contributed by atoms with E-state index in [4.69, 9.17) is 15.0 Å². The first-order chi connectivity index (χ1) is 9.25. The smallest absolute Gasteiger partial charge is 0.234 e. The van der Waals surface area contributed by atoms with E-state index in [1.54, 1.807) is 7.11 Å². The summed E-state index contributed by atoms with van der Waals surface area (Å²) in [4.78, 5) is 4.48. The Hall–Kier alpha value is -1.88. The third-order valence-electron chi connectivity index (χ3n) is 3.90. The zero-order chi connectivity index (χ0) is 15.0. The summed E-state index contributed by atoms with van der Waals surface area (Å²) in [6.07, 6.45) is 0. The van der Waals surface area contributed by atoms with Crippen molar-refractivity contribution in [2.24, 2.45) is 5.73 Å². The van der Waals surface area contributed by atoms with Gasteiger partial charge in [0, 0.05) is 11.1 Å². The van der Waals surface area contributed by atoms with Crippen LogP contribution >= 0.6 is 0 Å². The Morgan fingerprint density at radius 2 is 1.90 bits per heavy atom. The second-order valence-electron chi connectivity index (χ2n) is 6.00. The molecule has 0 aliphatic carbocycles. The highest BCUT2D eigenvalue weighted by molar-refractivity contribution is 5.57. The normalized spacial score (nSPS) is 12.5. The van der Waals surface area contributed by atoms with E-state index in [0.29, 0.717) is 11.7 Å². The Balaban J connectivity index is 2.38. The van der Waals surface area contributed by atoms with Crippen LogP contribution in [0.1, 0.15) is 33.6 Å². The number of hydrogen-bond acceptors (Lipinski definition) is 5. The predicted molar refractivity (Wildman–Crippen MR) is 77.6 cm³/mol. The van der Waals surface area contributed by atoms with Gasteiger partial charge < -0.3 is 15.0 Å². The Bertz CT molecular complexity index is 597. The summed E-state index contributed by atoms with van der Waals surface area (Å²) in [6, 6.07) is 7.55. The van der Waals surface area contributed by atoms with Crippen LogP contribution in [0.15, 0.2) is 28.8 Å². The Morgan fingerprint density at radius 3 is 2.50 bits per heavy atom. The molecule has 0 saturated heterocycles. The van der Waals surface area contributed by atoms with Crippen molar-refractivity contribution in [1.29, 1.82) is 0 Å². The molecular formula is C15H21N3O2. The topological polar surface area (TPSA) is 74.2 Å². The van der Waals surface area contributed by atoms with E-state index in [1.165, 1.54) is 0 Å². The fourth-order valence-electron chi connectivity index (χ4n) is 1.63. The summed E-state index contributed by atoms with van der Waals surface area (Å²) in [5.74, 6) is 1.83. The van der Waals surface area contributed by atoms with E-state index in [0.717, 1.165) is 11.3 Å². The molecule has 5 heteroatoms. The maximum atomic E-state index is 6.19. The van der Waals surface area contributed by atoms with Gasteiger partial charge in [0.25, 0.3) is 0 Å². The predicted octanol–water partition coefficient (Wildman–Crippen LogP) is 2.76. The van der Waals surface area contributed by atoms with E-state index in [-0.39, 0.29) is 0 Å². The van der Waals surface area contributed by atoms with Crippen molar-refractivity contribution in [2.75, 3.05) is 7.11 Å². The number of nitrogens with two attached hydrogens (primary N) is 1. The minimum atomic E-state index is -0.467. The molecule has 0 saturated carbocycles. The summed E-state index contributed by atoms with van der Waals surface area (Å²) in [7, 11) is 1.63. The maximum absolute atomic E-state index is 6.19. The van der Waals surface area contributed by atoms with Crippen LogP contribution in [0.25, 0.3) is 11.4 Å². The van der Waals surface area contributed by atoms with Crippen molar-refractivity contribution >= 4 is 0 Å². The van der Waals surface area contributed by atoms with E-state index >= 15 is 0 Å². The standard InChI is InChI=1S/C15H21N3O2/c1-14(2,15(3,4)16)13-17-12(18-20-13)10-7-6-8-11(9-10)19-5/h6-9H,16H2,1-5H3. The molecule has 0 bridgehead atoms. The number of ether oxygens (including phenoxy) is 1. The van der Waals surface area contributed by atoms with E-state index in [1.807, 2.05) is 52.0 Å². The Kier molecular flexibility index (Phi) is 3.56. The first kappa shape index (κ1) is 14.5. The highest BCUT2D eigenvalue weighted by Crippen LogP contribution is 2.33. The van der Waals surface area contributed by atoms with Gasteiger partial charge in [0.15, 0.2) is 0 Å². The van der Waals surface area contributed by atoms with Crippen molar-refractivity contribution in [3.63, 3.8) is 0 Å². The minimum absolute atomic E-state index is 0.420. The van der Waals surface area contributed by atoms with Crippen LogP contribution in [0.3, 0.4) is 0 Å². The Morgan fingerprint density at radius 1 is 1.20 bits per heavy atom. The summed E-state index contributed by atoms with van der Waals surface area (Å²) in [5.41, 5.74) is 6.16. The quantitative estimate of drug-likeness (QED) is 0.928. The van der Waals surface area contributed by atoms with Gasteiger partial charge in [-0.1, -0.05) is 17.3 Å². The van der Waals surface area contributed by atoms with Crippen LogP contribution in [0, 0.1) is 0 Å². The average molecular weight is 275 g/mol. The third-order valence-corrected chi connectivity index (χ3v) is 3.90. The molecule has 1 heterocycles. The molecule has 0 unspecified atom stereocenters. The van der Waals surface area contributed by atoms with Gasteiger partial charge in [0.1, 0.15) is 5.75 Å². The zero-order valence-corrected chi connectivity index (χ0v) is 12.6. The molecule has 2 N–H and O–H groups in total. The second-order valence-corrected chi connectivity index (χ2v) is 6.00. The number of benzene rings is 1. The van der Waals surface area contributed by atoms with Crippen molar-refractivity contribution in [2.45, 2.75) is 38.6 Å². The third kappa shape index (κ3) is 2.54. The number of methoxy groups -OCH3 is 1. The molecule has 0 aliphatic rings. The van der Waals surface area contributed by atoms with Crippen molar-refractivity contribution < 1.29 is 9.26 Å². The molecule has 1 aromatic heterocycles. The lowest BCUT2D eigenvalue weighted by Gasteiger charge is -2.34. The summed E-state index contributed by atoms with van der Waals surface area (Å²) < 4.78 is 10.6. The number of hydrogen-bond donors (Lipinski definition) is 1. The van der Waals surface area contributed by atoms with E-state index in [2.05, 4.69) is 10.1 Å². The van der Waals surface area contributed by atoms with Gasteiger partial charge in [-0.2, -0.15) is 4.98 Å². The van der Waals surface area contributed by atoms with Crippen LogP contribution < -0.4 is 10.5 Å². The molecule has 0 atom stereocenters. The summed E-state index contributed by atoms with van der Waals surface area (Å²) in [5, 5.41) is 4.04. The van der Waals surface area contributed by atoms with E-state index in [9.17, 15) is 0 Å². The largest absolute Gasteiger partial charge is 0.497 e. The number of rotatable bonds is 4. The van der Waals surface area contributed by atoms with E-state index < -0.39 is 11.0 Å². The fraction of sp³-hybridized carbons (Fsp3) is 0.467. The van der Waals surface area contributed by atoms with Gasteiger partial charge in [-0.05, 0) is 39.8 Å².